The van der Waals surface area contributed by atoms with Gasteiger partial charge in [0.2, 0.25) is 0 Å². The average Bonchev–Trinajstić information content (AvgIpc) is 2.72. The summed E-state index contributed by atoms with van der Waals surface area (Å²) in [5.74, 6) is 0. The third-order valence-corrected chi connectivity index (χ3v) is 5.43. The van der Waals surface area contributed by atoms with Crippen molar-refractivity contribution < 1.29 is 9.66 Å². The molecule has 2 aliphatic heterocycles. The third kappa shape index (κ3) is 5.75. The third-order valence-electron chi connectivity index (χ3n) is 5.02. The molecule has 2 saturated heterocycles. The van der Waals surface area contributed by atoms with Crippen LogP contribution in [-0.2, 0) is 4.74 Å². The van der Waals surface area contributed by atoms with Crippen LogP contribution in [-0.4, -0.2) is 85.4 Å². The first kappa shape index (κ1) is 19.8. The number of anilines is 1. The smallest absolute Gasteiger partial charge is 0.269 e. The number of thiocarbonyl (C=S) groups is 1. The first-order valence-electron chi connectivity index (χ1n) is 9.46. The van der Waals surface area contributed by atoms with Crippen LogP contribution in [0.15, 0.2) is 24.3 Å². The minimum absolute atomic E-state index is 0.125. The van der Waals surface area contributed by atoms with Gasteiger partial charge in [-0.2, -0.15) is 0 Å². The van der Waals surface area contributed by atoms with E-state index < -0.39 is 0 Å². The number of nitro benzene ring substituents is 1. The molecule has 0 amide bonds. The van der Waals surface area contributed by atoms with E-state index in [0.717, 1.165) is 82.8 Å². The van der Waals surface area contributed by atoms with Crippen molar-refractivity contribution in [2.75, 3.05) is 70.5 Å². The molecule has 1 N–H and O–H groups in total. The highest BCUT2D eigenvalue weighted by Gasteiger charge is 2.19. The monoisotopic (exact) mass is 393 g/mol. The maximum absolute atomic E-state index is 10.8. The molecule has 0 radical (unpaired) electrons. The van der Waals surface area contributed by atoms with Crippen LogP contribution >= 0.6 is 12.2 Å². The second kappa shape index (κ2) is 9.82. The number of benzene rings is 1. The van der Waals surface area contributed by atoms with Crippen molar-refractivity contribution in [3.8, 4) is 0 Å². The molecule has 0 spiro atoms. The van der Waals surface area contributed by atoms with E-state index in [4.69, 9.17) is 17.0 Å². The number of nitro groups is 1. The van der Waals surface area contributed by atoms with E-state index in [0.29, 0.717) is 0 Å². The zero-order chi connectivity index (χ0) is 19.1. The van der Waals surface area contributed by atoms with Crippen molar-refractivity contribution in [2.45, 2.75) is 6.42 Å². The number of nitrogens with zero attached hydrogens (tertiary/aromatic N) is 4. The molecule has 0 saturated carbocycles. The zero-order valence-electron chi connectivity index (χ0n) is 15.5. The fourth-order valence-corrected chi connectivity index (χ4v) is 3.67. The van der Waals surface area contributed by atoms with Crippen LogP contribution in [0.2, 0.25) is 0 Å². The van der Waals surface area contributed by atoms with E-state index >= 15 is 0 Å². The van der Waals surface area contributed by atoms with Crippen molar-refractivity contribution in [3.63, 3.8) is 0 Å². The maximum Gasteiger partial charge on any atom is 0.269 e. The van der Waals surface area contributed by atoms with Crippen molar-refractivity contribution in [1.82, 2.24) is 15.1 Å². The van der Waals surface area contributed by atoms with Crippen LogP contribution in [0.25, 0.3) is 0 Å². The number of piperazine rings is 1. The van der Waals surface area contributed by atoms with Crippen molar-refractivity contribution in [1.29, 1.82) is 0 Å². The maximum atomic E-state index is 10.8. The van der Waals surface area contributed by atoms with E-state index in [1.54, 1.807) is 12.1 Å². The fourth-order valence-electron chi connectivity index (χ4n) is 3.39. The molecule has 2 aliphatic rings. The van der Waals surface area contributed by atoms with Gasteiger partial charge < -0.3 is 19.9 Å². The molecule has 0 atom stereocenters. The van der Waals surface area contributed by atoms with Crippen LogP contribution in [0.3, 0.4) is 0 Å². The second-order valence-electron chi connectivity index (χ2n) is 6.79. The van der Waals surface area contributed by atoms with Gasteiger partial charge in [0.1, 0.15) is 0 Å². The lowest BCUT2D eigenvalue weighted by Crippen LogP contribution is -2.52. The van der Waals surface area contributed by atoms with Crippen LogP contribution in [0.4, 0.5) is 11.4 Å². The molecule has 27 heavy (non-hydrogen) atoms. The van der Waals surface area contributed by atoms with Gasteiger partial charge in [-0.1, -0.05) is 0 Å². The van der Waals surface area contributed by atoms with Gasteiger partial charge in [-0.05, 0) is 37.3 Å². The molecule has 8 nitrogen and oxygen atoms in total. The van der Waals surface area contributed by atoms with Gasteiger partial charge in [0, 0.05) is 63.6 Å². The van der Waals surface area contributed by atoms with Gasteiger partial charge >= 0.3 is 0 Å². The SMILES string of the molecule is O=[N+]([O-])c1ccc(N2CCN(C(=S)NCCCN3CCOCC3)CC2)cc1. The van der Waals surface area contributed by atoms with Gasteiger partial charge in [-0.25, -0.2) is 0 Å². The number of rotatable bonds is 6. The lowest BCUT2D eigenvalue weighted by Gasteiger charge is -2.37. The quantitative estimate of drug-likeness (QED) is 0.336. The van der Waals surface area contributed by atoms with Gasteiger partial charge in [0.05, 0.1) is 18.1 Å². The first-order valence-corrected chi connectivity index (χ1v) is 9.86. The van der Waals surface area contributed by atoms with Crippen LogP contribution in [0, 0.1) is 10.1 Å². The van der Waals surface area contributed by atoms with Crippen molar-refractivity contribution in [2.24, 2.45) is 0 Å². The predicted octanol–water partition coefficient (Wildman–Crippen LogP) is 1.31. The Hall–Kier alpha value is -1.97. The van der Waals surface area contributed by atoms with Gasteiger partial charge in [0.25, 0.3) is 5.69 Å². The average molecular weight is 394 g/mol. The Balaban J connectivity index is 1.35. The van der Waals surface area contributed by atoms with Crippen LogP contribution in [0.5, 0.6) is 0 Å². The molecule has 148 valence electrons. The number of nitrogens with one attached hydrogen (secondary N) is 1. The van der Waals surface area contributed by atoms with Gasteiger partial charge in [0.15, 0.2) is 5.11 Å². The van der Waals surface area contributed by atoms with Crippen molar-refractivity contribution >= 4 is 28.7 Å². The Morgan fingerprint density at radius 1 is 1.11 bits per heavy atom. The van der Waals surface area contributed by atoms with E-state index in [1.165, 1.54) is 0 Å². The highest BCUT2D eigenvalue weighted by Crippen LogP contribution is 2.20. The summed E-state index contributed by atoms with van der Waals surface area (Å²) in [4.78, 5) is 17.3. The Bertz CT molecular complexity index is 628. The largest absolute Gasteiger partial charge is 0.379 e. The molecule has 9 heteroatoms. The van der Waals surface area contributed by atoms with Crippen molar-refractivity contribution in [3.05, 3.63) is 34.4 Å². The zero-order valence-corrected chi connectivity index (χ0v) is 16.3. The second-order valence-corrected chi connectivity index (χ2v) is 7.17. The minimum atomic E-state index is -0.370. The molecular weight excluding hydrogens is 366 g/mol. The van der Waals surface area contributed by atoms with E-state index in [9.17, 15) is 10.1 Å². The normalized spacial score (nSPS) is 18.4. The minimum Gasteiger partial charge on any atom is -0.379 e. The summed E-state index contributed by atoms with van der Waals surface area (Å²) in [7, 11) is 0. The highest BCUT2D eigenvalue weighted by molar-refractivity contribution is 7.80. The lowest BCUT2D eigenvalue weighted by molar-refractivity contribution is -0.384. The number of ether oxygens (including phenoxy) is 1. The van der Waals surface area contributed by atoms with E-state index in [2.05, 4.69) is 20.0 Å². The predicted molar refractivity (Wildman–Crippen MR) is 109 cm³/mol. The van der Waals surface area contributed by atoms with E-state index in [1.807, 2.05) is 12.1 Å². The molecule has 0 aromatic heterocycles. The van der Waals surface area contributed by atoms with E-state index in [-0.39, 0.29) is 10.6 Å². The summed E-state index contributed by atoms with van der Waals surface area (Å²) in [5.41, 5.74) is 1.14. The Morgan fingerprint density at radius 3 is 2.41 bits per heavy atom. The molecule has 0 bridgehead atoms. The standard InChI is InChI=1S/C18H27N5O3S/c24-23(25)17-4-2-16(3-5-17)21-8-10-22(11-9-21)18(27)19-6-1-7-20-12-14-26-15-13-20/h2-5H,1,6-15H2,(H,19,27). The molecule has 2 fully saturated rings. The number of hydrogen-bond donors (Lipinski definition) is 1. The van der Waals surface area contributed by atoms with Crippen LogP contribution < -0.4 is 10.2 Å². The lowest BCUT2D eigenvalue weighted by atomic mass is 10.2. The highest BCUT2D eigenvalue weighted by atomic mass is 32.1. The Morgan fingerprint density at radius 2 is 1.78 bits per heavy atom. The molecule has 2 heterocycles. The van der Waals surface area contributed by atoms with Crippen LogP contribution in [0.1, 0.15) is 6.42 Å². The molecule has 0 unspecified atom stereocenters. The number of morpholine rings is 1. The first-order chi connectivity index (χ1) is 13.1. The Kier molecular flexibility index (Phi) is 7.19. The fraction of sp³-hybridized carbons (Fsp3) is 0.611. The summed E-state index contributed by atoms with van der Waals surface area (Å²) >= 11 is 5.53. The number of hydrogen-bond acceptors (Lipinski definition) is 6. The molecule has 0 aliphatic carbocycles. The Labute approximate surface area is 165 Å². The summed E-state index contributed by atoms with van der Waals surface area (Å²) < 4.78 is 5.36. The summed E-state index contributed by atoms with van der Waals surface area (Å²) in [6, 6.07) is 6.75. The molecule has 1 aromatic carbocycles. The van der Waals surface area contributed by atoms with Gasteiger partial charge in [-0.15, -0.1) is 0 Å². The molecule has 1 aromatic rings. The number of non-ortho nitro benzene ring substituents is 1. The molecule has 3 rings (SSSR count). The summed E-state index contributed by atoms with van der Waals surface area (Å²) in [6.45, 7) is 9.10. The summed E-state index contributed by atoms with van der Waals surface area (Å²) in [5, 5.41) is 15.0. The summed E-state index contributed by atoms with van der Waals surface area (Å²) in [6.07, 6.45) is 1.07. The van der Waals surface area contributed by atoms with Gasteiger partial charge in [-0.3, -0.25) is 15.0 Å². The topological polar surface area (TPSA) is 74.1 Å². The molecular formula is C18H27N5O3S.